The zero-order valence-corrected chi connectivity index (χ0v) is 21.2. The molecule has 0 bridgehead atoms. The number of carbonyl (C=O) groups is 1. The van der Waals surface area contributed by atoms with Crippen molar-refractivity contribution in [1.29, 1.82) is 0 Å². The summed E-state index contributed by atoms with van der Waals surface area (Å²) in [6.45, 7) is 3.96. The van der Waals surface area contributed by atoms with E-state index in [4.69, 9.17) is 4.74 Å². The van der Waals surface area contributed by atoms with Crippen molar-refractivity contribution >= 4 is 28.9 Å². The third-order valence-corrected chi connectivity index (χ3v) is 6.69. The highest BCUT2D eigenvalue weighted by atomic mass is 16.5. The SMILES string of the molecule is CNc1cc(Nc2cccn([C@@H]3CCC[C@H](OC)C3)c2=O)nc2c(C(=O)NCC(C)(C)CO)cnn12. The zero-order chi connectivity index (χ0) is 25.9. The lowest BCUT2D eigenvalue weighted by molar-refractivity contribution is 0.0525. The van der Waals surface area contributed by atoms with E-state index in [-0.39, 0.29) is 30.2 Å². The number of nitrogens with zero attached hydrogens (tertiary/aromatic N) is 4. The van der Waals surface area contributed by atoms with E-state index < -0.39 is 5.41 Å². The first-order valence-corrected chi connectivity index (χ1v) is 12.2. The summed E-state index contributed by atoms with van der Waals surface area (Å²) in [6.07, 6.45) is 7.18. The lowest BCUT2D eigenvalue weighted by Gasteiger charge is -2.29. The summed E-state index contributed by atoms with van der Waals surface area (Å²) in [5.74, 6) is 0.666. The molecule has 1 aliphatic carbocycles. The predicted octanol–water partition coefficient (Wildman–Crippen LogP) is 2.55. The fraction of sp³-hybridized carbons (Fsp3) is 0.520. The van der Waals surface area contributed by atoms with Gasteiger partial charge in [-0.25, -0.2) is 4.98 Å². The van der Waals surface area contributed by atoms with Crippen LogP contribution in [0.4, 0.5) is 17.3 Å². The van der Waals surface area contributed by atoms with Gasteiger partial charge in [-0.1, -0.05) is 13.8 Å². The minimum atomic E-state index is -0.455. The van der Waals surface area contributed by atoms with E-state index >= 15 is 0 Å². The maximum Gasteiger partial charge on any atom is 0.274 e. The average Bonchev–Trinajstić information content (AvgIpc) is 3.32. The summed E-state index contributed by atoms with van der Waals surface area (Å²) in [5.41, 5.74) is 0.442. The van der Waals surface area contributed by atoms with E-state index in [1.54, 1.807) is 30.9 Å². The van der Waals surface area contributed by atoms with Crippen molar-refractivity contribution in [3.63, 3.8) is 0 Å². The lowest BCUT2D eigenvalue weighted by Crippen LogP contribution is -2.36. The van der Waals surface area contributed by atoms with Gasteiger partial charge in [0.2, 0.25) is 0 Å². The number of nitrogens with one attached hydrogen (secondary N) is 3. The second-order valence-electron chi connectivity index (χ2n) is 10.0. The van der Waals surface area contributed by atoms with Crippen LogP contribution in [0.25, 0.3) is 5.65 Å². The molecule has 2 atom stereocenters. The van der Waals surface area contributed by atoms with Gasteiger partial charge in [-0.05, 0) is 37.8 Å². The molecule has 0 aliphatic heterocycles. The summed E-state index contributed by atoms with van der Waals surface area (Å²) < 4.78 is 8.84. The number of hydrogen-bond acceptors (Lipinski definition) is 8. The molecule has 1 aliphatic rings. The molecule has 3 heterocycles. The Morgan fingerprint density at radius 3 is 2.86 bits per heavy atom. The first-order valence-electron chi connectivity index (χ1n) is 12.2. The minimum Gasteiger partial charge on any atom is -0.396 e. The highest BCUT2D eigenvalue weighted by Crippen LogP contribution is 2.29. The molecule has 1 fully saturated rings. The fourth-order valence-corrected chi connectivity index (χ4v) is 4.45. The molecule has 194 valence electrons. The molecule has 11 heteroatoms. The second-order valence-corrected chi connectivity index (χ2v) is 10.0. The number of hydrogen-bond donors (Lipinski definition) is 4. The first kappa shape index (κ1) is 25.6. The van der Waals surface area contributed by atoms with Gasteiger partial charge in [-0.2, -0.15) is 9.61 Å². The molecule has 36 heavy (non-hydrogen) atoms. The quantitative estimate of drug-likeness (QED) is 0.354. The van der Waals surface area contributed by atoms with Crippen molar-refractivity contribution in [3.05, 3.63) is 46.5 Å². The Hall–Kier alpha value is -3.44. The largest absolute Gasteiger partial charge is 0.396 e. The van der Waals surface area contributed by atoms with Crippen LogP contribution in [-0.2, 0) is 4.74 Å². The molecule has 3 aromatic heterocycles. The van der Waals surface area contributed by atoms with Gasteiger partial charge >= 0.3 is 0 Å². The third kappa shape index (κ3) is 5.36. The predicted molar refractivity (Wildman–Crippen MR) is 138 cm³/mol. The van der Waals surface area contributed by atoms with Gasteiger partial charge in [0.25, 0.3) is 11.5 Å². The van der Waals surface area contributed by atoms with Crippen LogP contribution in [0.2, 0.25) is 0 Å². The molecule has 0 saturated heterocycles. The Kier molecular flexibility index (Phi) is 7.60. The minimum absolute atomic E-state index is 0.0557. The summed E-state index contributed by atoms with van der Waals surface area (Å²) in [5, 5.41) is 22.8. The number of aromatic nitrogens is 4. The summed E-state index contributed by atoms with van der Waals surface area (Å²) in [7, 11) is 3.46. The normalized spacial score (nSPS) is 18.2. The van der Waals surface area contributed by atoms with Crippen LogP contribution in [-0.4, -0.2) is 63.6 Å². The van der Waals surface area contributed by atoms with Gasteiger partial charge in [0.05, 0.1) is 12.3 Å². The number of rotatable bonds is 9. The number of amides is 1. The van der Waals surface area contributed by atoms with Crippen LogP contribution in [0.15, 0.2) is 35.4 Å². The van der Waals surface area contributed by atoms with E-state index in [0.29, 0.717) is 35.1 Å². The molecule has 3 aromatic rings. The first-order chi connectivity index (χ1) is 17.3. The highest BCUT2D eigenvalue weighted by Gasteiger charge is 2.25. The van der Waals surface area contributed by atoms with Gasteiger partial charge in [-0.15, -0.1) is 0 Å². The number of pyridine rings is 1. The smallest absolute Gasteiger partial charge is 0.274 e. The Morgan fingerprint density at radius 1 is 1.33 bits per heavy atom. The maximum atomic E-state index is 13.3. The van der Waals surface area contributed by atoms with Crippen LogP contribution in [0.1, 0.15) is 55.9 Å². The van der Waals surface area contributed by atoms with E-state index in [1.165, 1.54) is 10.7 Å². The summed E-state index contributed by atoms with van der Waals surface area (Å²) in [6, 6.07) is 5.38. The molecule has 4 rings (SSSR count). The summed E-state index contributed by atoms with van der Waals surface area (Å²) in [4.78, 5) is 30.8. The summed E-state index contributed by atoms with van der Waals surface area (Å²) >= 11 is 0. The van der Waals surface area contributed by atoms with Crippen molar-refractivity contribution < 1.29 is 14.6 Å². The van der Waals surface area contributed by atoms with Gasteiger partial charge in [0.15, 0.2) is 5.65 Å². The van der Waals surface area contributed by atoms with Gasteiger partial charge in [-0.3, -0.25) is 9.59 Å². The van der Waals surface area contributed by atoms with E-state index in [1.807, 2.05) is 26.1 Å². The molecule has 0 radical (unpaired) electrons. The fourth-order valence-electron chi connectivity index (χ4n) is 4.45. The van der Waals surface area contributed by atoms with E-state index in [0.717, 1.165) is 25.7 Å². The monoisotopic (exact) mass is 497 g/mol. The number of aliphatic hydroxyl groups is 1. The number of aliphatic hydroxyl groups excluding tert-OH is 1. The molecule has 1 saturated carbocycles. The van der Waals surface area contributed by atoms with Crippen LogP contribution < -0.4 is 21.5 Å². The number of ether oxygens (including phenoxy) is 1. The second kappa shape index (κ2) is 10.7. The molecule has 0 spiro atoms. The van der Waals surface area contributed by atoms with Gasteiger partial charge < -0.3 is 30.4 Å². The van der Waals surface area contributed by atoms with Gasteiger partial charge in [0, 0.05) is 51.0 Å². The molecule has 4 N–H and O–H groups in total. The number of carbonyl (C=O) groups excluding carboxylic acids is 1. The number of anilines is 3. The van der Waals surface area contributed by atoms with Crippen LogP contribution in [0.5, 0.6) is 0 Å². The molecule has 0 aromatic carbocycles. The van der Waals surface area contributed by atoms with Gasteiger partial charge in [0.1, 0.15) is 22.9 Å². The Labute approximate surface area is 209 Å². The highest BCUT2D eigenvalue weighted by molar-refractivity contribution is 6.00. The topological polar surface area (TPSA) is 135 Å². The maximum absolute atomic E-state index is 13.3. The Morgan fingerprint density at radius 2 is 2.14 bits per heavy atom. The van der Waals surface area contributed by atoms with Crippen LogP contribution >= 0.6 is 0 Å². The zero-order valence-electron chi connectivity index (χ0n) is 21.2. The van der Waals surface area contributed by atoms with E-state index in [9.17, 15) is 14.7 Å². The van der Waals surface area contributed by atoms with Crippen molar-refractivity contribution in [3.8, 4) is 0 Å². The molecular formula is C25H35N7O4. The third-order valence-electron chi connectivity index (χ3n) is 6.69. The molecule has 11 nitrogen and oxygen atoms in total. The van der Waals surface area contributed by atoms with E-state index in [2.05, 4.69) is 26.0 Å². The number of methoxy groups -OCH3 is 1. The Balaban J connectivity index is 1.63. The van der Waals surface area contributed by atoms with Crippen molar-refractivity contribution in [1.82, 2.24) is 24.5 Å². The Bertz CT molecular complexity index is 1280. The lowest BCUT2D eigenvalue weighted by atomic mass is 9.92. The standard InChI is InChI=1S/C25H35N7O4/c1-25(2,15-33)14-27-23(34)18-13-28-32-21(26-3)12-20(30-22(18)32)29-19-9-6-10-31(24(19)35)16-7-5-8-17(11-16)36-4/h6,9-10,12-13,16-17,26,33H,5,7-8,11,14-15H2,1-4H3,(H,27,34)(H,29,30)/t16-,17+/m1/s1. The van der Waals surface area contributed by atoms with Crippen LogP contribution in [0, 0.1) is 5.41 Å². The molecule has 0 unspecified atom stereocenters. The van der Waals surface area contributed by atoms with Crippen molar-refractivity contribution in [2.75, 3.05) is 37.9 Å². The number of fused-ring (bicyclic) bond motifs is 1. The average molecular weight is 498 g/mol. The molecule has 1 amide bonds. The van der Waals surface area contributed by atoms with Crippen molar-refractivity contribution in [2.24, 2.45) is 5.41 Å². The van der Waals surface area contributed by atoms with Crippen LogP contribution in [0.3, 0.4) is 0 Å². The molecular weight excluding hydrogens is 462 g/mol. The van der Waals surface area contributed by atoms with Crippen molar-refractivity contribution in [2.45, 2.75) is 51.7 Å².